The molecule has 5 nitrogen and oxygen atoms in total. The molecule has 0 saturated heterocycles. The Bertz CT molecular complexity index is 1580. The van der Waals surface area contributed by atoms with Crippen LogP contribution >= 0.6 is 11.3 Å². The van der Waals surface area contributed by atoms with Crippen molar-refractivity contribution in [3.63, 3.8) is 0 Å². The predicted molar refractivity (Wildman–Crippen MR) is 141 cm³/mol. The summed E-state index contributed by atoms with van der Waals surface area (Å²) >= 11 is 1.46. The second-order valence-electron chi connectivity index (χ2n) is 8.93. The summed E-state index contributed by atoms with van der Waals surface area (Å²) in [7, 11) is 0. The van der Waals surface area contributed by atoms with Gasteiger partial charge in [-0.3, -0.25) is 4.79 Å². The quantitative estimate of drug-likeness (QED) is 0.250. The number of nitriles is 2. The molecular weight excluding hydrogens is 452 g/mol. The highest BCUT2D eigenvalue weighted by molar-refractivity contribution is 7.16. The highest BCUT2D eigenvalue weighted by Crippen LogP contribution is 2.38. The van der Waals surface area contributed by atoms with Gasteiger partial charge in [0.05, 0.1) is 11.3 Å². The molecule has 0 saturated carbocycles. The third-order valence-corrected chi connectivity index (χ3v) is 7.72. The minimum Gasteiger partial charge on any atom is -0.354 e. The van der Waals surface area contributed by atoms with Gasteiger partial charge in [-0.1, -0.05) is 42.0 Å². The van der Waals surface area contributed by atoms with Crippen LogP contribution in [0.2, 0.25) is 0 Å². The Morgan fingerprint density at radius 3 is 2.63 bits per heavy atom. The lowest BCUT2D eigenvalue weighted by Crippen LogP contribution is -2.13. The minimum atomic E-state index is -0.500. The van der Waals surface area contributed by atoms with Gasteiger partial charge in [0.2, 0.25) is 0 Å². The van der Waals surface area contributed by atoms with Gasteiger partial charge in [-0.25, -0.2) is 0 Å². The molecule has 0 bridgehead atoms. The normalized spacial score (nSPS) is 13.2. The molecule has 5 rings (SSSR count). The lowest BCUT2D eigenvalue weighted by Gasteiger charge is -2.09. The Balaban J connectivity index is 1.60. The average Bonchev–Trinajstić information content (AvgIpc) is 3.40. The fraction of sp³-hybridized carbons (Fsp3) is 0.207. The molecule has 2 aromatic heterocycles. The maximum Gasteiger partial charge on any atom is 0.266 e. The lowest BCUT2D eigenvalue weighted by atomic mass is 9.96. The van der Waals surface area contributed by atoms with Crippen molar-refractivity contribution in [3.05, 3.63) is 80.7 Å². The van der Waals surface area contributed by atoms with E-state index in [9.17, 15) is 15.3 Å². The Morgan fingerprint density at radius 2 is 1.89 bits per heavy atom. The molecule has 0 fully saturated rings. The van der Waals surface area contributed by atoms with E-state index < -0.39 is 5.91 Å². The van der Waals surface area contributed by atoms with Crippen LogP contribution in [0.25, 0.3) is 28.2 Å². The van der Waals surface area contributed by atoms with E-state index in [1.807, 2.05) is 44.2 Å². The number of aromatic amines is 1. The number of anilines is 1. The number of nitrogens with zero attached hydrogens (tertiary/aromatic N) is 2. The maximum atomic E-state index is 13.3. The van der Waals surface area contributed by atoms with E-state index >= 15 is 0 Å². The van der Waals surface area contributed by atoms with Gasteiger partial charge in [-0.2, -0.15) is 10.5 Å². The smallest absolute Gasteiger partial charge is 0.266 e. The Morgan fingerprint density at radius 1 is 1.11 bits per heavy atom. The number of aryl methyl sites for hydroxylation is 3. The highest BCUT2D eigenvalue weighted by atomic mass is 32.1. The number of H-pyrrole nitrogens is 1. The second-order valence-corrected chi connectivity index (χ2v) is 10.0. The first-order valence-electron chi connectivity index (χ1n) is 11.7. The van der Waals surface area contributed by atoms with Crippen molar-refractivity contribution in [3.8, 4) is 23.4 Å². The van der Waals surface area contributed by atoms with Crippen molar-refractivity contribution in [2.75, 3.05) is 5.32 Å². The van der Waals surface area contributed by atoms with Gasteiger partial charge in [-0.05, 0) is 68.4 Å². The summed E-state index contributed by atoms with van der Waals surface area (Å²) < 4.78 is 0. The van der Waals surface area contributed by atoms with Crippen molar-refractivity contribution in [2.45, 2.75) is 39.5 Å². The van der Waals surface area contributed by atoms with Gasteiger partial charge in [0.15, 0.2) is 0 Å². The molecule has 1 amide bonds. The van der Waals surface area contributed by atoms with Crippen LogP contribution in [0.15, 0.2) is 48.0 Å². The van der Waals surface area contributed by atoms with Crippen molar-refractivity contribution >= 4 is 39.2 Å². The third-order valence-electron chi connectivity index (χ3n) is 6.52. The van der Waals surface area contributed by atoms with Crippen LogP contribution in [0.3, 0.4) is 0 Å². The minimum absolute atomic E-state index is 0.00231. The summed E-state index contributed by atoms with van der Waals surface area (Å²) in [5, 5.41) is 24.1. The molecule has 1 aliphatic rings. The van der Waals surface area contributed by atoms with E-state index in [-0.39, 0.29) is 5.57 Å². The van der Waals surface area contributed by atoms with Crippen molar-refractivity contribution in [2.24, 2.45) is 0 Å². The second kappa shape index (κ2) is 9.25. The Labute approximate surface area is 208 Å². The van der Waals surface area contributed by atoms with E-state index in [0.29, 0.717) is 10.6 Å². The Hall–Kier alpha value is -4.13. The molecule has 2 N–H and O–H groups in total. The number of carbonyl (C=O) groups excluding carboxylic acids is 1. The monoisotopic (exact) mass is 476 g/mol. The standard InChI is InChI=1S/C29H24N4OS/c1-17-12-18(2)26-22(13-17)23(27(32-26)19-8-4-3-5-9-19)14-20(15-30)28(34)33-29-24(16-31)21-10-6-7-11-25(21)35-29/h3-5,8-9,12-14,32H,6-7,10-11H2,1-2H3,(H,33,34)/b20-14+. The zero-order chi connectivity index (χ0) is 24.5. The van der Waals surface area contributed by atoms with Crippen molar-refractivity contribution < 1.29 is 4.79 Å². The molecule has 6 heteroatoms. The molecule has 0 radical (unpaired) electrons. The molecule has 172 valence electrons. The summed E-state index contributed by atoms with van der Waals surface area (Å²) in [5.74, 6) is -0.500. The van der Waals surface area contributed by atoms with Gasteiger partial charge in [0.25, 0.3) is 5.91 Å². The molecule has 4 aromatic rings. The third kappa shape index (κ3) is 4.14. The Kier molecular flexibility index (Phi) is 5.99. The summed E-state index contributed by atoms with van der Waals surface area (Å²) in [6.45, 7) is 4.09. The number of hydrogen-bond acceptors (Lipinski definition) is 4. The van der Waals surface area contributed by atoms with Crippen LogP contribution in [0.5, 0.6) is 0 Å². The molecule has 0 spiro atoms. The number of hydrogen-bond donors (Lipinski definition) is 2. The van der Waals surface area contributed by atoms with Gasteiger partial charge < -0.3 is 10.3 Å². The first-order valence-corrected chi connectivity index (χ1v) is 12.5. The summed E-state index contributed by atoms with van der Waals surface area (Å²) in [6.07, 6.45) is 5.60. The number of carbonyl (C=O) groups is 1. The van der Waals surface area contributed by atoms with Gasteiger partial charge >= 0.3 is 0 Å². The summed E-state index contributed by atoms with van der Waals surface area (Å²) in [5.41, 5.74) is 7.41. The summed E-state index contributed by atoms with van der Waals surface area (Å²) in [6, 6.07) is 18.4. The van der Waals surface area contributed by atoms with Crippen LogP contribution in [-0.2, 0) is 17.6 Å². The van der Waals surface area contributed by atoms with E-state index in [1.165, 1.54) is 16.2 Å². The first-order chi connectivity index (χ1) is 17.0. The van der Waals surface area contributed by atoms with Gasteiger partial charge in [-0.15, -0.1) is 11.3 Å². The molecule has 0 aliphatic heterocycles. The number of fused-ring (bicyclic) bond motifs is 2. The molecule has 35 heavy (non-hydrogen) atoms. The molecule has 1 aliphatic carbocycles. The van der Waals surface area contributed by atoms with E-state index in [2.05, 4.69) is 34.6 Å². The number of rotatable bonds is 4. The molecule has 2 heterocycles. The van der Waals surface area contributed by atoms with Crippen molar-refractivity contribution in [1.29, 1.82) is 10.5 Å². The van der Waals surface area contributed by atoms with E-state index in [0.717, 1.165) is 70.1 Å². The fourth-order valence-electron chi connectivity index (χ4n) is 4.89. The number of benzene rings is 2. The van der Waals surface area contributed by atoms with Gasteiger partial charge in [0.1, 0.15) is 22.7 Å². The van der Waals surface area contributed by atoms with Gasteiger partial charge in [0, 0.05) is 21.3 Å². The topological polar surface area (TPSA) is 92.5 Å². The molecular formula is C29H24N4OS. The number of amides is 1. The molecule has 0 atom stereocenters. The predicted octanol–water partition coefficient (Wildman–Crippen LogP) is 6.81. The molecule has 2 aromatic carbocycles. The van der Waals surface area contributed by atoms with E-state index in [1.54, 1.807) is 6.08 Å². The number of nitrogens with one attached hydrogen (secondary N) is 2. The summed E-state index contributed by atoms with van der Waals surface area (Å²) in [4.78, 5) is 17.9. The highest BCUT2D eigenvalue weighted by Gasteiger charge is 2.23. The maximum absolute atomic E-state index is 13.3. The number of aromatic nitrogens is 1. The fourth-order valence-corrected chi connectivity index (χ4v) is 6.13. The average molecular weight is 477 g/mol. The van der Waals surface area contributed by atoms with Crippen LogP contribution in [0.1, 0.15) is 45.5 Å². The van der Waals surface area contributed by atoms with Crippen LogP contribution in [0, 0.1) is 36.5 Å². The van der Waals surface area contributed by atoms with Crippen LogP contribution in [-0.4, -0.2) is 10.9 Å². The first kappa shape index (κ1) is 22.7. The van der Waals surface area contributed by atoms with Crippen LogP contribution in [0.4, 0.5) is 5.00 Å². The zero-order valence-electron chi connectivity index (χ0n) is 19.7. The molecule has 0 unspecified atom stereocenters. The SMILES string of the molecule is Cc1cc(C)c2[nH]c(-c3ccccc3)c(/C=C(\C#N)C(=O)Nc3sc4c(c3C#N)CCCC4)c2c1. The van der Waals surface area contributed by atoms with Crippen LogP contribution < -0.4 is 5.32 Å². The van der Waals surface area contributed by atoms with E-state index in [4.69, 9.17) is 0 Å². The number of thiophene rings is 1. The lowest BCUT2D eigenvalue weighted by molar-refractivity contribution is -0.112. The van der Waals surface area contributed by atoms with Crippen molar-refractivity contribution in [1.82, 2.24) is 4.98 Å². The zero-order valence-corrected chi connectivity index (χ0v) is 20.5. The largest absolute Gasteiger partial charge is 0.354 e.